The first-order chi connectivity index (χ1) is 1.73. The van der Waals surface area contributed by atoms with Gasteiger partial charge in [-0.2, -0.15) is 0 Å². The Hall–Kier alpha value is 1.02. The smallest absolute Gasteiger partial charge is 0.511 e. The average molecular weight is 153 g/mol. The second kappa shape index (κ2) is 9.39. The summed E-state index contributed by atoms with van der Waals surface area (Å²) in [7, 11) is -3.13. The molecular weight excluding hydrogens is 148 g/mol. The zero-order valence-corrected chi connectivity index (χ0v) is 5.18. The minimum atomic E-state index is -3.13. The molecule has 1 radical (unpaired) electrons. The van der Waals surface area contributed by atoms with Gasteiger partial charge in [0.15, 0.2) is 17.4 Å². The van der Waals surface area contributed by atoms with Crippen molar-refractivity contribution >= 4 is 26.5 Å². The maximum atomic E-state index is 8.74. The summed E-state index contributed by atoms with van der Waals surface area (Å²) in [6, 6.07) is 0. The Labute approximate surface area is 66.2 Å². The molecule has 0 atom stereocenters. The molecule has 0 spiro atoms. The molecule has 0 aliphatic heterocycles. The van der Waals surface area contributed by atoms with Crippen LogP contribution >= 0.6 is 0 Å². The fourth-order valence-corrected chi connectivity index (χ4v) is 0. The molecule has 0 aliphatic rings. The Morgan fingerprint density at radius 3 is 1.33 bits per heavy atom. The Balaban J connectivity index is -0.0000000450. The van der Waals surface area contributed by atoms with E-state index in [1.54, 1.807) is 0 Å². The van der Waals surface area contributed by atoms with E-state index in [-0.39, 0.29) is 43.2 Å². The molecule has 0 aromatic heterocycles. The fourth-order valence-electron chi connectivity index (χ4n) is 0. The van der Waals surface area contributed by atoms with Gasteiger partial charge in [-0.25, -0.2) is 0 Å². The van der Waals surface area contributed by atoms with Crippen LogP contribution in [0.15, 0.2) is 0 Å². The topological polar surface area (TPSA) is 57.5 Å². The quantitative estimate of drug-likeness (QED) is 0.369. The van der Waals surface area contributed by atoms with Gasteiger partial charge in [0, 0.05) is 25.8 Å². The van der Waals surface area contributed by atoms with Crippen molar-refractivity contribution in [2.75, 3.05) is 0 Å². The summed E-state index contributed by atoms with van der Waals surface area (Å²) in [4.78, 5) is 14.3. The van der Waals surface area contributed by atoms with Crippen molar-refractivity contribution in [2.45, 2.75) is 0 Å². The van der Waals surface area contributed by atoms with E-state index >= 15 is 0 Å². The van der Waals surface area contributed by atoms with Crippen molar-refractivity contribution in [3.63, 3.8) is 0 Å². The molecule has 2 N–H and O–H groups in total. The summed E-state index contributed by atoms with van der Waals surface area (Å²) in [5.74, 6) is 0. The number of hydrogen-bond acceptors (Lipinski definition) is 1. The molecule has 3 nitrogen and oxygen atoms in total. The zero-order chi connectivity index (χ0) is 3.58. The molecule has 6 heavy (non-hydrogen) atoms. The predicted octanol–water partition coefficient (Wildman–Crippen LogP) is -2.80. The normalized spacial score (nSPS) is 4.00. The Morgan fingerprint density at radius 1 is 1.33 bits per heavy atom. The second-order valence-corrected chi connectivity index (χ2v) is 0.848. The zero-order valence-electron chi connectivity index (χ0n) is 2.38. The number of rotatable bonds is 0. The molecule has 0 unspecified atom stereocenters. The van der Waals surface area contributed by atoms with Crippen LogP contribution in [0.2, 0.25) is 0 Å². The van der Waals surface area contributed by atoms with Crippen molar-refractivity contribution < 1.29 is 39.9 Å². The van der Waals surface area contributed by atoms with Gasteiger partial charge in [0.1, 0.15) is 0 Å². The summed E-state index contributed by atoms with van der Waals surface area (Å²) in [6.07, 6.45) is 0. The summed E-state index contributed by atoms with van der Waals surface area (Å²) in [6.45, 7) is 0. The average Bonchev–Trinajstić information content (AvgIpc) is 0.811. The van der Waals surface area contributed by atoms with Crippen LogP contribution < -0.4 is 0 Å². The third-order valence-corrected chi connectivity index (χ3v) is 0. The molecule has 0 aromatic rings. The molecule has 0 aromatic carbocycles. The van der Waals surface area contributed by atoms with Crippen molar-refractivity contribution in [2.24, 2.45) is 0 Å². The molecule has 0 bridgehead atoms. The summed E-state index contributed by atoms with van der Waals surface area (Å²) in [5.41, 5.74) is 0. The molecule has 0 saturated carbocycles. The van der Waals surface area contributed by atoms with E-state index in [1.807, 2.05) is 0 Å². The van der Waals surface area contributed by atoms with Gasteiger partial charge in [-0.1, -0.05) is 0 Å². The third kappa shape index (κ3) is 78.0. The van der Waals surface area contributed by atoms with E-state index in [0.717, 1.165) is 0 Å². The Morgan fingerprint density at radius 2 is 1.33 bits per heavy atom. The van der Waals surface area contributed by atoms with Gasteiger partial charge in [0.25, 0.3) is 0 Å². The maximum absolute atomic E-state index is 8.74. The summed E-state index contributed by atoms with van der Waals surface area (Å²) in [5, 5.41) is 0. The molecular formula is H5AlO3ScSi. The molecule has 0 saturated heterocycles. The molecule has 0 fully saturated rings. The van der Waals surface area contributed by atoms with Gasteiger partial charge in [0.05, 0.1) is 0 Å². The minimum Gasteiger partial charge on any atom is -0.511 e. The van der Waals surface area contributed by atoms with Gasteiger partial charge in [-0.05, 0) is 0 Å². The summed E-state index contributed by atoms with van der Waals surface area (Å²) < 4.78 is 8.74. The number of hydrogen-bond donors (Lipinski definition) is 2. The first-order valence-corrected chi connectivity index (χ1v) is 1.95. The van der Waals surface area contributed by atoms with Crippen LogP contribution in [0.4, 0.5) is 0 Å². The van der Waals surface area contributed by atoms with Crippen LogP contribution in [0.25, 0.3) is 0 Å². The van der Waals surface area contributed by atoms with E-state index in [2.05, 4.69) is 0 Å². The summed E-state index contributed by atoms with van der Waals surface area (Å²) >= 11 is 0. The predicted molar refractivity (Wildman–Crippen MR) is 20.8 cm³/mol. The Bertz CT molecular complexity index is 33.8. The van der Waals surface area contributed by atoms with E-state index in [0.29, 0.717) is 0 Å². The van der Waals surface area contributed by atoms with Crippen LogP contribution in [0.1, 0.15) is 0 Å². The molecule has 0 rings (SSSR count). The first kappa shape index (κ1) is 15.7. The van der Waals surface area contributed by atoms with Gasteiger partial charge in [0.2, 0.25) is 0 Å². The third-order valence-electron chi connectivity index (χ3n) is 0. The van der Waals surface area contributed by atoms with E-state index in [1.165, 1.54) is 0 Å². The fraction of sp³-hybridized carbons (Fsp3) is 0. The molecule has 6 heteroatoms. The van der Waals surface area contributed by atoms with E-state index in [9.17, 15) is 0 Å². The first-order valence-electron chi connectivity index (χ1n) is 0.651. The van der Waals surface area contributed by atoms with Crippen molar-refractivity contribution in [3.05, 3.63) is 0 Å². The van der Waals surface area contributed by atoms with Gasteiger partial charge < -0.3 is 9.59 Å². The van der Waals surface area contributed by atoms with Crippen LogP contribution in [0, 0.1) is 0 Å². The monoisotopic (exact) mass is 153 g/mol. The molecule has 0 heterocycles. The maximum Gasteiger partial charge on any atom is 0.761 e. The second-order valence-electron chi connectivity index (χ2n) is 0.283. The molecule has 0 amide bonds. The van der Waals surface area contributed by atoms with Gasteiger partial charge >= 0.3 is 9.17 Å². The van der Waals surface area contributed by atoms with Crippen molar-refractivity contribution in [3.8, 4) is 0 Å². The van der Waals surface area contributed by atoms with E-state index in [4.69, 9.17) is 14.1 Å². The van der Waals surface area contributed by atoms with Gasteiger partial charge in [-0.3, -0.25) is 4.46 Å². The van der Waals surface area contributed by atoms with Crippen LogP contribution in [0.5, 0.6) is 0 Å². The van der Waals surface area contributed by atoms with Crippen LogP contribution in [0.3, 0.4) is 0 Å². The van der Waals surface area contributed by atoms with Crippen molar-refractivity contribution in [1.82, 2.24) is 0 Å². The Kier molecular flexibility index (Phi) is 24.6. The van der Waals surface area contributed by atoms with Gasteiger partial charge in [-0.15, -0.1) is 0 Å². The SMILES string of the molecule is O=[Si](O)O.[AlH3].[Sc]. The molecule has 0 aliphatic carbocycles. The van der Waals surface area contributed by atoms with Crippen LogP contribution in [-0.2, 0) is 30.3 Å². The van der Waals surface area contributed by atoms with E-state index < -0.39 is 9.17 Å². The van der Waals surface area contributed by atoms with Crippen LogP contribution in [-0.4, -0.2) is 36.1 Å². The van der Waals surface area contributed by atoms with Crippen molar-refractivity contribution in [1.29, 1.82) is 0 Å². The largest absolute Gasteiger partial charge is 0.761 e. The standard InChI is InChI=1S/Al.H2O3Si.Sc.3H/c;1-4(2)3;;;;/h;1-2H;;;;. The molecule has 33 valence electrons. The minimum absolute atomic E-state index is 0.